The minimum Gasteiger partial charge on any atom is -0.457 e. The maximum atomic E-state index is 13.2. The molecule has 18 heavy (non-hydrogen) atoms. The Morgan fingerprint density at radius 1 is 1.17 bits per heavy atom. The van der Waals surface area contributed by atoms with Gasteiger partial charge in [0.05, 0.1) is 0 Å². The van der Waals surface area contributed by atoms with E-state index < -0.39 is 24.5 Å². The highest BCUT2D eigenvalue weighted by molar-refractivity contribution is 6.74. The van der Waals surface area contributed by atoms with Crippen LogP contribution in [0.5, 0.6) is 0 Å². The number of alkyl halides is 2. The molecule has 1 aromatic carbocycles. The van der Waals surface area contributed by atoms with Gasteiger partial charge < -0.3 is 4.12 Å². The minimum absolute atomic E-state index is 0.153. The number of benzene rings is 1. The van der Waals surface area contributed by atoms with E-state index in [1.165, 1.54) is 0 Å². The van der Waals surface area contributed by atoms with Crippen LogP contribution in [-0.4, -0.2) is 24.5 Å². The molecule has 0 bridgehead atoms. The van der Waals surface area contributed by atoms with E-state index in [1.807, 2.05) is 6.07 Å². The molecule has 0 saturated heterocycles. The second-order valence-corrected chi connectivity index (χ2v) is 12.0. The van der Waals surface area contributed by atoms with Gasteiger partial charge in [-0.3, -0.25) is 0 Å². The van der Waals surface area contributed by atoms with Crippen LogP contribution in [-0.2, 0) is 4.12 Å². The standard InChI is InChI=1S/C13H20F2OSi2/c1-10(17-16-18(2,3)4)12(13(14)15)11-8-6-5-7-9-11/h5-9,13H,17H2,1-4H3. The molecule has 0 saturated carbocycles. The van der Waals surface area contributed by atoms with Gasteiger partial charge in [-0.15, -0.1) is 0 Å². The summed E-state index contributed by atoms with van der Waals surface area (Å²) in [5, 5.41) is 0.749. The molecule has 0 heterocycles. The SMILES string of the molecule is CC([SiH2]O[Si](C)(C)C)=C(c1ccccc1)C(F)F. The van der Waals surface area contributed by atoms with Gasteiger partial charge in [-0.1, -0.05) is 35.5 Å². The van der Waals surface area contributed by atoms with Crippen molar-refractivity contribution in [3.05, 3.63) is 41.1 Å². The van der Waals surface area contributed by atoms with Crippen LogP contribution in [0.15, 0.2) is 35.5 Å². The maximum absolute atomic E-state index is 13.2. The smallest absolute Gasteiger partial charge is 0.264 e. The van der Waals surface area contributed by atoms with E-state index in [0.717, 1.165) is 5.20 Å². The highest BCUT2D eigenvalue weighted by Gasteiger charge is 2.19. The number of rotatable bonds is 5. The molecule has 5 heteroatoms. The fourth-order valence-electron chi connectivity index (χ4n) is 1.58. The Labute approximate surface area is 111 Å². The zero-order valence-corrected chi connectivity index (χ0v) is 13.7. The summed E-state index contributed by atoms with van der Waals surface area (Å²) < 4.78 is 32.2. The molecule has 0 aliphatic rings. The summed E-state index contributed by atoms with van der Waals surface area (Å²) in [6, 6.07) is 8.86. The molecular formula is C13H20F2OSi2. The van der Waals surface area contributed by atoms with Crippen LogP contribution < -0.4 is 0 Å². The second-order valence-electron chi connectivity index (χ2n) is 5.26. The van der Waals surface area contributed by atoms with Crippen molar-refractivity contribution >= 4 is 23.7 Å². The van der Waals surface area contributed by atoms with Crippen molar-refractivity contribution in [3.63, 3.8) is 0 Å². The summed E-state index contributed by atoms with van der Waals surface area (Å²) in [5.41, 5.74) is 0.761. The molecule has 0 radical (unpaired) electrons. The van der Waals surface area contributed by atoms with Gasteiger partial charge in [0.1, 0.15) is 0 Å². The number of hydrogen-bond acceptors (Lipinski definition) is 1. The van der Waals surface area contributed by atoms with E-state index in [2.05, 4.69) is 19.6 Å². The second kappa shape index (κ2) is 6.40. The monoisotopic (exact) mass is 286 g/mol. The Morgan fingerprint density at radius 2 is 1.72 bits per heavy atom. The Kier molecular flexibility index (Phi) is 5.43. The first-order chi connectivity index (χ1) is 8.31. The normalized spacial score (nSPS) is 14.4. The van der Waals surface area contributed by atoms with Crippen LogP contribution in [0.3, 0.4) is 0 Å². The molecule has 0 fully saturated rings. The fraction of sp³-hybridized carbons (Fsp3) is 0.385. The molecule has 0 aromatic heterocycles. The quantitative estimate of drug-likeness (QED) is 0.751. The molecule has 0 atom stereocenters. The third kappa shape index (κ3) is 4.83. The van der Waals surface area contributed by atoms with Crippen molar-refractivity contribution < 1.29 is 12.9 Å². The van der Waals surface area contributed by atoms with E-state index in [9.17, 15) is 8.78 Å². The summed E-state index contributed by atoms with van der Waals surface area (Å²) >= 11 is 0. The Hall–Kier alpha value is -0.786. The van der Waals surface area contributed by atoms with Crippen molar-refractivity contribution in [1.82, 2.24) is 0 Å². The first-order valence-corrected chi connectivity index (χ1v) is 10.7. The van der Waals surface area contributed by atoms with Crippen LogP contribution in [0.1, 0.15) is 12.5 Å². The molecule has 0 amide bonds. The molecule has 100 valence electrons. The topological polar surface area (TPSA) is 9.23 Å². The Bertz CT molecular complexity index is 411. The third-order valence-electron chi connectivity index (χ3n) is 2.48. The molecule has 1 rings (SSSR count). The minimum atomic E-state index is -2.44. The van der Waals surface area contributed by atoms with Gasteiger partial charge in [0.15, 0.2) is 18.1 Å². The van der Waals surface area contributed by atoms with E-state index in [4.69, 9.17) is 4.12 Å². The van der Waals surface area contributed by atoms with Crippen molar-refractivity contribution in [1.29, 1.82) is 0 Å². The van der Waals surface area contributed by atoms with Crippen molar-refractivity contribution in [2.24, 2.45) is 0 Å². The van der Waals surface area contributed by atoms with Gasteiger partial charge in [0.2, 0.25) is 0 Å². The number of halogens is 2. The van der Waals surface area contributed by atoms with Gasteiger partial charge >= 0.3 is 0 Å². The summed E-state index contributed by atoms with van der Waals surface area (Å²) in [6.45, 7) is 8.02. The predicted octanol–water partition coefficient (Wildman–Crippen LogP) is 3.62. The lowest BCUT2D eigenvalue weighted by molar-refractivity contribution is 0.214. The molecule has 1 aromatic rings. The van der Waals surface area contributed by atoms with E-state index >= 15 is 0 Å². The largest absolute Gasteiger partial charge is 0.457 e. The van der Waals surface area contributed by atoms with Gasteiger partial charge in [-0.05, 0) is 32.1 Å². The van der Waals surface area contributed by atoms with E-state index in [0.29, 0.717) is 5.56 Å². The van der Waals surface area contributed by atoms with Gasteiger partial charge in [-0.25, -0.2) is 8.78 Å². The highest BCUT2D eigenvalue weighted by atomic mass is 28.4. The summed E-state index contributed by atoms with van der Waals surface area (Å²) in [4.78, 5) is 0. The lowest BCUT2D eigenvalue weighted by Gasteiger charge is -2.19. The molecular weight excluding hydrogens is 266 g/mol. The van der Waals surface area contributed by atoms with Crippen LogP contribution in [0, 0.1) is 0 Å². The number of hydrogen-bond donors (Lipinski definition) is 0. The first kappa shape index (κ1) is 15.3. The van der Waals surface area contributed by atoms with E-state index in [1.54, 1.807) is 31.2 Å². The van der Waals surface area contributed by atoms with Crippen LogP contribution >= 0.6 is 0 Å². The van der Waals surface area contributed by atoms with Crippen LogP contribution in [0.4, 0.5) is 8.78 Å². The molecule has 0 N–H and O–H groups in total. The average molecular weight is 286 g/mol. The van der Waals surface area contributed by atoms with Gasteiger partial charge in [0, 0.05) is 5.57 Å². The molecule has 0 unspecified atom stereocenters. The average Bonchev–Trinajstić information content (AvgIpc) is 2.26. The van der Waals surface area contributed by atoms with Crippen molar-refractivity contribution in [3.8, 4) is 0 Å². The lowest BCUT2D eigenvalue weighted by atomic mass is 10.1. The fourth-order valence-corrected chi connectivity index (χ4v) is 4.69. The molecule has 0 spiro atoms. The van der Waals surface area contributed by atoms with Crippen LogP contribution in [0.25, 0.3) is 5.57 Å². The highest BCUT2D eigenvalue weighted by Crippen LogP contribution is 2.25. The van der Waals surface area contributed by atoms with E-state index in [-0.39, 0.29) is 5.57 Å². The lowest BCUT2D eigenvalue weighted by Crippen LogP contribution is -2.28. The number of allylic oxidation sites excluding steroid dienone is 2. The molecule has 1 nitrogen and oxygen atoms in total. The maximum Gasteiger partial charge on any atom is 0.264 e. The first-order valence-electron chi connectivity index (χ1n) is 5.98. The Morgan fingerprint density at radius 3 is 2.17 bits per heavy atom. The molecule has 0 aliphatic heterocycles. The van der Waals surface area contributed by atoms with Gasteiger partial charge in [0.25, 0.3) is 6.43 Å². The van der Waals surface area contributed by atoms with Crippen molar-refractivity contribution in [2.45, 2.75) is 33.0 Å². The predicted molar refractivity (Wildman–Crippen MR) is 78.0 cm³/mol. The summed E-state index contributed by atoms with van der Waals surface area (Å²) in [5.74, 6) is 0. The Balaban J connectivity index is 2.97. The van der Waals surface area contributed by atoms with Crippen LogP contribution in [0.2, 0.25) is 19.6 Å². The van der Waals surface area contributed by atoms with Crippen molar-refractivity contribution in [2.75, 3.05) is 0 Å². The zero-order valence-electron chi connectivity index (χ0n) is 11.3. The third-order valence-corrected chi connectivity index (χ3v) is 7.34. The summed E-state index contributed by atoms with van der Waals surface area (Å²) in [7, 11) is -2.66. The van der Waals surface area contributed by atoms with Gasteiger partial charge in [-0.2, -0.15) is 0 Å². The zero-order chi connectivity index (χ0) is 13.8. The summed E-state index contributed by atoms with van der Waals surface area (Å²) in [6.07, 6.45) is -2.44. The molecule has 0 aliphatic carbocycles.